The van der Waals surface area contributed by atoms with Gasteiger partial charge in [-0.3, -0.25) is 9.59 Å². The van der Waals surface area contributed by atoms with E-state index in [1.54, 1.807) is 7.11 Å². The fourth-order valence-corrected chi connectivity index (χ4v) is 3.90. The standard InChI is InChI=1S/C26H26N2O3/c1-31-23-13-9-19(10-14-23)11-16-25(29)27-22-12-15-24-21(18-22)8-5-17-28(24)26(30)20-6-3-2-4-7-20/h2-4,6-7,9-10,12-15,18H,5,8,11,16-17H2,1H3,(H,27,29). The number of anilines is 2. The van der Waals surface area contributed by atoms with Crippen molar-refractivity contribution in [1.29, 1.82) is 0 Å². The number of hydrogen-bond acceptors (Lipinski definition) is 3. The number of rotatable bonds is 6. The third-order valence-corrected chi connectivity index (χ3v) is 5.55. The van der Waals surface area contributed by atoms with E-state index in [4.69, 9.17) is 4.74 Å². The van der Waals surface area contributed by atoms with Gasteiger partial charge >= 0.3 is 0 Å². The molecule has 1 aliphatic heterocycles. The molecule has 0 radical (unpaired) electrons. The number of benzene rings is 3. The van der Waals surface area contributed by atoms with Crippen LogP contribution in [0, 0.1) is 0 Å². The smallest absolute Gasteiger partial charge is 0.258 e. The molecule has 158 valence electrons. The van der Waals surface area contributed by atoms with Gasteiger partial charge in [0.1, 0.15) is 5.75 Å². The minimum Gasteiger partial charge on any atom is -0.497 e. The third-order valence-electron chi connectivity index (χ3n) is 5.55. The number of hydrogen-bond donors (Lipinski definition) is 1. The number of carbonyl (C=O) groups is 2. The highest BCUT2D eigenvalue weighted by atomic mass is 16.5. The number of methoxy groups -OCH3 is 1. The van der Waals surface area contributed by atoms with Gasteiger partial charge in [0, 0.05) is 29.9 Å². The van der Waals surface area contributed by atoms with Gasteiger partial charge in [-0.1, -0.05) is 30.3 Å². The van der Waals surface area contributed by atoms with Crippen molar-refractivity contribution in [3.05, 3.63) is 89.5 Å². The van der Waals surface area contributed by atoms with E-state index in [2.05, 4.69) is 5.32 Å². The lowest BCUT2D eigenvalue weighted by Crippen LogP contribution is -2.35. The van der Waals surface area contributed by atoms with Crippen molar-refractivity contribution in [3.8, 4) is 5.75 Å². The molecule has 2 amide bonds. The van der Waals surface area contributed by atoms with Gasteiger partial charge in [0.15, 0.2) is 0 Å². The van der Waals surface area contributed by atoms with E-state index in [1.165, 1.54) is 0 Å². The normalized spacial score (nSPS) is 12.7. The molecule has 5 nitrogen and oxygen atoms in total. The lowest BCUT2D eigenvalue weighted by Gasteiger charge is -2.30. The molecule has 0 saturated carbocycles. The summed E-state index contributed by atoms with van der Waals surface area (Å²) in [6.45, 7) is 0.703. The number of nitrogens with zero attached hydrogens (tertiary/aromatic N) is 1. The molecule has 0 saturated heterocycles. The van der Waals surface area contributed by atoms with Crippen LogP contribution in [-0.2, 0) is 17.6 Å². The fourth-order valence-electron chi connectivity index (χ4n) is 3.90. The van der Waals surface area contributed by atoms with Gasteiger partial charge in [-0.15, -0.1) is 0 Å². The lowest BCUT2D eigenvalue weighted by atomic mass is 10.00. The molecule has 0 bridgehead atoms. The number of ether oxygens (including phenoxy) is 1. The van der Waals surface area contributed by atoms with Crippen molar-refractivity contribution >= 4 is 23.2 Å². The number of nitrogens with one attached hydrogen (secondary N) is 1. The second-order valence-corrected chi connectivity index (χ2v) is 7.67. The molecule has 1 N–H and O–H groups in total. The van der Waals surface area contributed by atoms with Gasteiger partial charge in [-0.25, -0.2) is 0 Å². The fraction of sp³-hybridized carbons (Fsp3) is 0.231. The lowest BCUT2D eigenvalue weighted by molar-refractivity contribution is -0.116. The van der Waals surface area contributed by atoms with Crippen molar-refractivity contribution in [2.24, 2.45) is 0 Å². The average Bonchev–Trinajstić information content (AvgIpc) is 2.82. The van der Waals surface area contributed by atoms with E-state index in [0.717, 1.165) is 41.1 Å². The predicted octanol–water partition coefficient (Wildman–Crippen LogP) is 4.86. The molecule has 0 aliphatic carbocycles. The van der Waals surface area contributed by atoms with E-state index in [1.807, 2.05) is 77.7 Å². The SMILES string of the molecule is COc1ccc(CCC(=O)Nc2ccc3c(c2)CCCN3C(=O)c2ccccc2)cc1. The van der Waals surface area contributed by atoms with E-state index >= 15 is 0 Å². The summed E-state index contributed by atoms with van der Waals surface area (Å²) in [5, 5.41) is 2.99. The molecule has 1 aliphatic rings. The number of fused-ring (bicyclic) bond motifs is 1. The Morgan fingerprint density at radius 1 is 1.00 bits per heavy atom. The van der Waals surface area contributed by atoms with Crippen LogP contribution in [0.3, 0.4) is 0 Å². The molecule has 0 fully saturated rings. The Morgan fingerprint density at radius 2 is 1.77 bits per heavy atom. The summed E-state index contributed by atoms with van der Waals surface area (Å²) in [4.78, 5) is 27.2. The zero-order valence-corrected chi connectivity index (χ0v) is 17.6. The van der Waals surface area contributed by atoms with Crippen LogP contribution in [0.5, 0.6) is 5.75 Å². The molecule has 4 rings (SSSR count). The molecule has 3 aromatic carbocycles. The highest BCUT2D eigenvalue weighted by Gasteiger charge is 2.23. The Kier molecular flexibility index (Phi) is 6.32. The topological polar surface area (TPSA) is 58.6 Å². The first-order valence-electron chi connectivity index (χ1n) is 10.6. The molecule has 1 heterocycles. The zero-order chi connectivity index (χ0) is 21.6. The average molecular weight is 415 g/mol. The Balaban J connectivity index is 1.40. The molecule has 0 unspecified atom stereocenters. The van der Waals surface area contributed by atoms with Crippen LogP contribution in [0.4, 0.5) is 11.4 Å². The van der Waals surface area contributed by atoms with Crippen LogP contribution in [-0.4, -0.2) is 25.5 Å². The maximum absolute atomic E-state index is 12.9. The number of aryl methyl sites for hydroxylation is 2. The monoisotopic (exact) mass is 414 g/mol. The first-order valence-corrected chi connectivity index (χ1v) is 10.6. The van der Waals surface area contributed by atoms with Crippen molar-refractivity contribution < 1.29 is 14.3 Å². The minimum atomic E-state index is -0.0243. The molecule has 0 spiro atoms. The zero-order valence-electron chi connectivity index (χ0n) is 17.6. The largest absolute Gasteiger partial charge is 0.497 e. The van der Waals surface area contributed by atoms with Crippen molar-refractivity contribution in [2.45, 2.75) is 25.7 Å². The maximum Gasteiger partial charge on any atom is 0.258 e. The van der Waals surface area contributed by atoms with Gasteiger partial charge in [0.05, 0.1) is 7.11 Å². The van der Waals surface area contributed by atoms with E-state index < -0.39 is 0 Å². The number of carbonyl (C=O) groups excluding carboxylic acids is 2. The van der Waals surface area contributed by atoms with Gasteiger partial charge in [0.2, 0.25) is 5.91 Å². The predicted molar refractivity (Wildman–Crippen MR) is 123 cm³/mol. The quantitative estimate of drug-likeness (QED) is 0.627. The van der Waals surface area contributed by atoms with Gasteiger partial charge in [0.25, 0.3) is 5.91 Å². The van der Waals surface area contributed by atoms with E-state index in [9.17, 15) is 9.59 Å². The first kappa shape index (κ1) is 20.7. The Labute approximate surface area is 182 Å². The van der Waals surface area contributed by atoms with E-state index in [-0.39, 0.29) is 11.8 Å². The summed E-state index contributed by atoms with van der Waals surface area (Å²) < 4.78 is 5.16. The first-order chi connectivity index (χ1) is 15.1. The van der Waals surface area contributed by atoms with Crippen molar-refractivity contribution in [2.75, 3.05) is 23.9 Å². The van der Waals surface area contributed by atoms with Crippen molar-refractivity contribution in [3.63, 3.8) is 0 Å². The summed E-state index contributed by atoms with van der Waals surface area (Å²) in [6, 6.07) is 22.9. The van der Waals surface area contributed by atoms with Crippen LogP contribution in [0.25, 0.3) is 0 Å². The summed E-state index contributed by atoms with van der Waals surface area (Å²) in [5.74, 6) is 0.795. The second-order valence-electron chi connectivity index (χ2n) is 7.67. The van der Waals surface area contributed by atoms with Crippen molar-refractivity contribution in [1.82, 2.24) is 0 Å². The van der Waals surface area contributed by atoms with Crippen LogP contribution in [0.15, 0.2) is 72.8 Å². The Morgan fingerprint density at radius 3 is 2.52 bits per heavy atom. The highest BCUT2D eigenvalue weighted by molar-refractivity contribution is 6.07. The molecular weight excluding hydrogens is 388 g/mol. The molecular formula is C26H26N2O3. The molecule has 31 heavy (non-hydrogen) atoms. The van der Waals surface area contributed by atoms with Crippen LogP contribution < -0.4 is 15.0 Å². The minimum absolute atomic E-state index is 0.0119. The van der Waals surface area contributed by atoms with Gasteiger partial charge < -0.3 is 15.0 Å². The second kappa shape index (κ2) is 9.47. The summed E-state index contributed by atoms with van der Waals surface area (Å²) >= 11 is 0. The third kappa shape index (κ3) is 4.94. The summed E-state index contributed by atoms with van der Waals surface area (Å²) in [5.41, 5.74) is 4.56. The Hall–Kier alpha value is -3.60. The van der Waals surface area contributed by atoms with Gasteiger partial charge in [-0.2, -0.15) is 0 Å². The maximum atomic E-state index is 12.9. The van der Waals surface area contributed by atoms with Crippen LogP contribution >= 0.6 is 0 Å². The highest BCUT2D eigenvalue weighted by Crippen LogP contribution is 2.31. The molecule has 0 aromatic heterocycles. The molecule has 0 atom stereocenters. The van der Waals surface area contributed by atoms with Crippen LogP contribution in [0.2, 0.25) is 0 Å². The summed E-state index contributed by atoms with van der Waals surface area (Å²) in [6.07, 6.45) is 2.87. The molecule has 3 aromatic rings. The van der Waals surface area contributed by atoms with Gasteiger partial charge in [-0.05, 0) is 72.9 Å². The van der Waals surface area contributed by atoms with Crippen LogP contribution in [0.1, 0.15) is 34.3 Å². The van der Waals surface area contributed by atoms with E-state index in [0.29, 0.717) is 24.9 Å². The number of amides is 2. The Bertz CT molecular complexity index is 1060. The summed E-state index contributed by atoms with van der Waals surface area (Å²) in [7, 11) is 1.64. The molecule has 5 heteroatoms.